The van der Waals surface area contributed by atoms with Crippen molar-refractivity contribution in [3.8, 4) is 18.1 Å². The first-order valence-corrected chi connectivity index (χ1v) is 5.58. The summed E-state index contributed by atoms with van der Waals surface area (Å²) < 4.78 is 0. The summed E-state index contributed by atoms with van der Waals surface area (Å²) in [7, 11) is 0. The molecule has 1 unspecified atom stereocenters. The van der Waals surface area contributed by atoms with Gasteiger partial charge in [-0.3, -0.25) is 0 Å². The fourth-order valence-electron chi connectivity index (χ4n) is 1.94. The predicted octanol–water partition coefficient (Wildman–Crippen LogP) is 3.55. The fraction of sp³-hybridized carbons (Fsp3) is 0.125. The average Bonchev–Trinajstić information content (AvgIpc) is 2.38. The molecule has 0 saturated heterocycles. The first-order chi connectivity index (χ1) is 8.31. The van der Waals surface area contributed by atoms with Gasteiger partial charge in [0, 0.05) is 12.3 Å². The van der Waals surface area contributed by atoms with E-state index in [-0.39, 0.29) is 11.7 Å². The van der Waals surface area contributed by atoms with Crippen molar-refractivity contribution < 1.29 is 5.11 Å². The summed E-state index contributed by atoms with van der Waals surface area (Å²) in [5.74, 6) is 3.19. The average molecular weight is 222 g/mol. The number of hydrogen-bond acceptors (Lipinski definition) is 1. The number of hydrogen-bond donors (Lipinski definition) is 1. The molecule has 1 N–H and O–H groups in total. The molecule has 0 radical (unpaired) electrons. The molecule has 0 heterocycles. The molecular formula is C16H14O. The van der Waals surface area contributed by atoms with Gasteiger partial charge in [0.1, 0.15) is 5.75 Å². The molecule has 17 heavy (non-hydrogen) atoms. The topological polar surface area (TPSA) is 20.2 Å². The Morgan fingerprint density at radius 3 is 2.12 bits per heavy atom. The maximum absolute atomic E-state index is 9.30. The number of rotatable bonds is 3. The highest BCUT2D eigenvalue weighted by Crippen LogP contribution is 2.28. The number of phenols is 1. The summed E-state index contributed by atoms with van der Waals surface area (Å²) in [5, 5.41) is 9.30. The van der Waals surface area contributed by atoms with Crippen LogP contribution in [-0.2, 0) is 0 Å². The van der Waals surface area contributed by atoms with Crippen molar-refractivity contribution >= 4 is 0 Å². The van der Waals surface area contributed by atoms with Crippen molar-refractivity contribution in [3.05, 3.63) is 65.7 Å². The second-order valence-electron chi connectivity index (χ2n) is 3.96. The standard InChI is InChI=1S/C16H14O/c1-2-6-16(13-7-4-3-5-8-13)14-9-11-15(17)12-10-14/h1,3-5,7-12,16-17H,6H2. The highest BCUT2D eigenvalue weighted by Gasteiger charge is 2.12. The highest BCUT2D eigenvalue weighted by molar-refractivity contribution is 5.36. The van der Waals surface area contributed by atoms with Crippen LogP contribution in [0.4, 0.5) is 0 Å². The fourth-order valence-corrected chi connectivity index (χ4v) is 1.94. The zero-order valence-corrected chi connectivity index (χ0v) is 9.51. The van der Waals surface area contributed by atoms with E-state index in [2.05, 4.69) is 18.1 Å². The van der Waals surface area contributed by atoms with Crippen LogP contribution in [0.5, 0.6) is 5.75 Å². The predicted molar refractivity (Wildman–Crippen MR) is 69.8 cm³/mol. The Bertz CT molecular complexity index is 505. The molecule has 0 fully saturated rings. The van der Waals surface area contributed by atoms with Crippen molar-refractivity contribution in [2.45, 2.75) is 12.3 Å². The Kier molecular flexibility index (Phi) is 3.47. The largest absolute Gasteiger partial charge is 0.508 e. The van der Waals surface area contributed by atoms with E-state index in [4.69, 9.17) is 6.42 Å². The molecule has 0 amide bonds. The van der Waals surface area contributed by atoms with Crippen LogP contribution < -0.4 is 0 Å². The van der Waals surface area contributed by atoms with Gasteiger partial charge in [-0.2, -0.15) is 0 Å². The minimum absolute atomic E-state index is 0.196. The molecule has 1 heteroatoms. The number of phenolic OH excluding ortho intramolecular Hbond substituents is 1. The SMILES string of the molecule is C#CCC(c1ccccc1)c1ccc(O)cc1. The van der Waals surface area contributed by atoms with Crippen molar-refractivity contribution in [3.63, 3.8) is 0 Å². The van der Waals surface area contributed by atoms with E-state index in [0.29, 0.717) is 6.42 Å². The summed E-state index contributed by atoms with van der Waals surface area (Å²) in [4.78, 5) is 0. The van der Waals surface area contributed by atoms with Crippen LogP contribution >= 0.6 is 0 Å². The Hall–Kier alpha value is -2.20. The Balaban J connectivity index is 2.36. The molecule has 0 aliphatic carbocycles. The van der Waals surface area contributed by atoms with Gasteiger partial charge in [0.25, 0.3) is 0 Å². The normalized spacial score (nSPS) is 11.7. The van der Waals surface area contributed by atoms with Crippen molar-refractivity contribution in [2.75, 3.05) is 0 Å². The van der Waals surface area contributed by atoms with Crippen LogP contribution in [0.2, 0.25) is 0 Å². The van der Waals surface area contributed by atoms with Crippen LogP contribution in [-0.4, -0.2) is 5.11 Å². The van der Waals surface area contributed by atoms with Gasteiger partial charge in [-0.05, 0) is 23.3 Å². The molecule has 2 aromatic rings. The van der Waals surface area contributed by atoms with Gasteiger partial charge in [-0.25, -0.2) is 0 Å². The third-order valence-corrected chi connectivity index (χ3v) is 2.82. The van der Waals surface area contributed by atoms with Gasteiger partial charge in [0.05, 0.1) is 0 Å². The van der Waals surface area contributed by atoms with Gasteiger partial charge >= 0.3 is 0 Å². The van der Waals surface area contributed by atoms with Crippen molar-refractivity contribution in [1.82, 2.24) is 0 Å². The lowest BCUT2D eigenvalue weighted by atomic mass is 9.89. The van der Waals surface area contributed by atoms with Gasteiger partial charge in [-0.1, -0.05) is 42.5 Å². The molecule has 0 aromatic heterocycles. The smallest absolute Gasteiger partial charge is 0.115 e. The quantitative estimate of drug-likeness (QED) is 0.787. The minimum atomic E-state index is 0.196. The maximum atomic E-state index is 9.30. The maximum Gasteiger partial charge on any atom is 0.115 e. The van der Waals surface area contributed by atoms with Crippen molar-refractivity contribution in [2.24, 2.45) is 0 Å². The van der Waals surface area contributed by atoms with Crippen LogP contribution in [0, 0.1) is 12.3 Å². The summed E-state index contributed by atoms with van der Waals surface area (Å²) in [6, 6.07) is 17.4. The van der Waals surface area contributed by atoms with Crippen LogP contribution in [0.3, 0.4) is 0 Å². The first-order valence-electron chi connectivity index (χ1n) is 5.58. The third-order valence-electron chi connectivity index (χ3n) is 2.82. The molecule has 0 aliphatic heterocycles. The van der Waals surface area contributed by atoms with E-state index in [0.717, 1.165) is 5.56 Å². The Labute approximate surface area is 102 Å². The second-order valence-corrected chi connectivity index (χ2v) is 3.96. The lowest BCUT2D eigenvalue weighted by Gasteiger charge is -2.15. The van der Waals surface area contributed by atoms with E-state index in [1.807, 2.05) is 30.3 Å². The summed E-state index contributed by atoms with van der Waals surface area (Å²) in [6.07, 6.45) is 6.10. The van der Waals surface area contributed by atoms with E-state index < -0.39 is 0 Å². The van der Waals surface area contributed by atoms with Crippen molar-refractivity contribution in [1.29, 1.82) is 0 Å². The molecule has 2 rings (SSSR count). The summed E-state index contributed by atoms with van der Waals surface area (Å²) in [6.45, 7) is 0. The minimum Gasteiger partial charge on any atom is -0.508 e. The molecule has 2 aromatic carbocycles. The Morgan fingerprint density at radius 1 is 0.941 bits per heavy atom. The molecule has 0 bridgehead atoms. The molecule has 0 spiro atoms. The molecular weight excluding hydrogens is 208 g/mol. The monoisotopic (exact) mass is 222 g/mol. The zero-order chi connectivity index (χ0) is 12.1. The molecule has 0 saturated carbocycles. The van der Waals surface area contributed by atoms with Crippen LogP contribution in [0.25, 0.3) is 0 Å². The van der Waals surface area contributed by atoms with E-state index >= 15 is 0 Å². The van der Waals surface area contributed by atoms with Crippen LogP contribution in [0.1, 0.15) is 23.5 Å². The van der Waals surface area contributed by atoms with Gasteiger partial charge in [0.2, 0.25) is 0 Å². The Morgan fingerprint density at radius 2 is 1.53 bits per heavy atom. The molecule has 1 atom stereocenters. The highest BCUT2D eigenvalue weighted by atomic mass is 16.3. The number of aromatic hydroxyl groups is 1. The zero-order valence-electron chi connectivity index (χ0n) is 9.51. The summed E-state index contributed by atoms with van der Waals surface area (Å²) in [5.41, 5.74) is 2.34. The van der Waals surface area contributed by atoms with E-state index in [9.17, 15) is 5.11 Å². The molecule has 0 aliphatic rings. The lowest BCUT2D eigenvalue weighted by molar-refractivity contribution is 0.475. The van der Waals surface area contributed by atoms with E-state index in [1.54, 1.807) is 12.1 Å². The third kappa shape index (κ3) is 2.68. The van der Waals surface area contributed by atoms with Gasteiger partial charge in [-0.15, -0.1) is 12.3 Å². The van der Waals surface area contributed by atoms with Gasteiger partial charge < -0.3 is 5.11 Å². The summed E-state index contributed by atoms with van der Waals surface area (Å²) >= 11 is 0. The number of terminal acetylenes is 1. The molecule has 1 nitrogen and oxygen atoms in total. The lowest BCUT2D eigenvalue weighted by Crippen LogP contribution is -1.99. The number of benzene rings is 2. The van der Waals surface area contributed by atoms with Gasteiger partial charge in [0.15, 0.2) is 0 Å². The first kappa shape index (κ1) is 11.3. The molecule has 84 valence electrons. The van der Waals surface area contributed by atoms with E-state index in [1.165, 1.54) is 5.56 Å². The van der Waals surface area contributed by atoms with Crippen LogP contribution in [0.15, 0.2) is 54.6 Å². The second kappa shape index (κ2) is 5.23.